The van der Waals surface area contributed by atoms with E-state index in [1.165, 1.54) is 5.69 Å². The SMILES string of the molecule is CN=C(NCC1CCN(c2ccccc2OC)C1)NCC1COc2ccccc2O1.I. The summed E-state index contributed by atoms with van der Waals surface area (Å²) in [5.41, 5.74) is 1.17. The van der Waals surface area contributed by atoms with Gasteiger partial charge < -0.3 is 29.7 Å². The number of hydrogen-bond acceptors (Lipinski definition) is 5. The van der Waals surface area contributed by atoms with E-state index in [4.69, 9.17) is 14.2 Å². The van der Waals surface area contributed by atoms with E-state index < -0.39 is 0 Å². The van der Waals surface area contributed by atoms with Crippen LogP contribution in [0.1, 0.15) is 6.42 Å². The number of anilines is 1. The molecule has 0 amide bonds. The minimum atomic E-state index is -0.0500. The number of aliphatic imine (C=N–C) groups is 1. The van der Waals surface area contributed by atoms with Crippen molar-refractivity contribution in [2.45, 2.75) is 12.5 Å². The molecular formula is C23H31IN4O3. The largest absolute Gasteiger partial charge is 0.495 e. The summed E-state index contributed by atoms with van der Waals surface area (Å²) in [5.74, 6) is 3.86. The molecule has 2 atom stereocenters. The highest BCUT2D eigenvalue weighted by Gasteiger charge is 2.25. The maximum absolute atomic E-state index is 6.00. The van der Waals surface area contributed by atoms with Gasteiger partial charge in [0, 0.05) is 26.7 Å². The number of nitrogens with zero attached hydrogens (tertiary/aromatic N) is 2. The number of benzene rings is 2. The second-order valence-electron chi connectivity index (χ2n) is 7.60. The predicted molar refractivity (Wildman–Crippen MR) is 134 cm³/mol. The van der Waals surface area contributed by atoms with E-state index in [-0.39, 0.29) is 30.1 Å². The molecule has 0 radical (unpaired) electrons. The van der Waals surface area contributed by atoms with Gasteiger partial charge >= 0.3 is 0 Å². The number of para-hydroxylation sites is 4. The van der Waals surface area contributed by atoms with Crippen molar-refractivity contribution >= 4 is 35.6 Å². The van der Waals surface area contributed by atoms with Crippen molar-refractivity contribution in [2.75, 3.05) is 51.8 Å². The van der Waals surface area contributed by atoms with Crippen LogP contribution in [0.15, 0.2) is 53.5 Å². The third kappa shape index (κ3) is 5.87. The number of ether oxygens (including phenoxy) is 3. The first-order valence-corrected chi connectivity index (χ1v) is 10.5. The molecule has 2 heterocycles. The fourth-order valence-corrected chi connectivity index (χ4v) is 3.94. The summed E-state index contributed by atoms with van der Waals surface area (Å²) in [6.07, 6.45) is 1.09. The zero-order chi connectivity index (χ0) is 20.8. The number of nitrogens with one attached hydrogen (secondary N) is 2. The molecule has 2 aromatic rings. The summed E-state index contributed by atoms with van der Waals surface area (Å²) < 4.78 is 17.3. The Morgan fingerprint density at radius 1 is 1.10 bits per heavy atom. The second-order valence-corrected chi connectivity index (χ2v) is 7.60. The Hall–Kier alpha value is -2.36. The summed E-state index contributed by atoms with van der Waals surface area (Å²) in [6, 6.07) is 16.0. The van der Waals surface area contributed by atoms with Gasteiger partial charge in [0.25, 0.3) is 0 Å². The van der Waals surface area contributed by atoms with Gasteiger partial charge in [-0.05, 0) is 36.6 Å². The Morgan fingerprint density at radius 2 is 1.84 bits per heavy atom. The van der Waals surface area contributed by atoms with Crippen LogP contribution in [0.25, 0.3) is 0 Å². The molecule has 2 N–H and O–H groups in total. The number of rotatable bonds is 6. The first kappa shape index (κ1) is 23.3. The molecule has 0 spiro atoms. The molecule has 2 aliphatic rings. The summed E-state index contributed by atoms with van der Waals surface area (Å²) in [7, 11) is 3.52. The van der Waals surface area contributed by atoms with Crippen LogP contribution in [0.5, 0.6) is 17.2 Å². The van der Waals surface area contributed by atoms with Gasteiger partial charge in [0.1, 0.15) is 18.5 Å². The Kier molecular flexibility index (Phi) is 8.51. The minimum Gasteiger partial charge on any atom is -0.495 e. The van der Waals surface area contributed by atoms with Gasteiger partial charge in [0.2, 0.25) is 0 Å². The highest BCUT2D eigenvalue weighted by Crippen LogP contribution is 2.32. The number of halogens is 1. The minimum absolute atomic E-state index is 0. The van der Waals surface area contributed by atoms with E-state index in [0.29, 0.717) is 19.1 Å². The predicted octanol–water partition coefficient (Wildman–Crippen LogP) is 3.14. The van der Waals surface area contributed by atoms with Gasteiger partial charge in [-0.3, -0.25) is 4.99 Å². The van der Waals surface area contributed by atoms with Gasteiger partial charge in [-0.15, -0.1) is 24.0 Å². The average molecular weight is 538 g/mol. The van der Waals surface area contributed by atoms with Crippen LogP contribution in [-0.2, 0) is 0 Å². The normalized spacial score (nSPS) is 20.1. The summed E-state index contributed by atoms with van der Waals surface area (Å²) in [5, 5.41) is 6.81. The maximum atomic E-state index is 6.00. The number of methoxy groups -OCH3 is 1. The average Bonchev–Trinajstić information content (AvgIpc) is 3.28. The molecule has 0 bridgehead atoms. The van der Waals surface area contributed by atoms with Crippen molar-refractivity contribution in [1.29, 1.82) is 0 Å². The molecule has 31 heavy (non-hydrogen) atoms. The molecule has 4 rings (SSSR count). The van der Waals surface area contributed by atoms with Crippen molar-refractivity contribution in [2.24, 2.45) is 10.9 Å². The van der Waals surface area contributed by atoms with Crippen LogP contribution in [0, 0.1) is 5.92 Å². The van der Waals surface area contributed by atoms with Gasteiger partial charge in [-0.25, -0.2) is 0 Å². The third-order valence-corrected chi connectivity index (χ3v) is 5.56. The highest BCUT2D eigenvalue weighted by molar-refractivity contribution is 14.0. The first-order valence-electron chi connectivity index (χ1n) is 10.5. The summed E-state index contributed by atoms with van der Waals surface area (Å²) in [4.78, 5) is 6.74. The van der Waals surface area contributed by atoms with Crippen LogP contribution >= 0.6 is 24.0 Å². The number of hydrogen-bond donors (Lipinski definition) is 2. The van der Waals surface area contributed by atoms with E-state index >= 15 is 0 Å². The van der Waals surface area contributed by atoms with Crippen LogP contribution in [0.2, 0.25) is 0 Å². The lowest BCUT2D eigenvalue weighted by Gasteiger charge is -2.27. The van der Waals surface area contributed by atoms with Gasteiger partial charge in [-0.1, -0.05) is 24.3 Å². The molecule has 1 saturated heterocycles. The number of guanidine groups is 1. The summed E-state index contributed by atoms with van der Waals surface area (Å²) >= 11 is 0. The molecule has 0 aromatic heterocycles. The lowest BCUT2D eigenvalue weighted by Crippen LogP contribution is -2.46. The van der Waals surface area contributed by atoms with Crippen molar-refractivity contribution in [3.05, 3.63) is 48.5 Å². The topological polar surface area (TPSA) is 67.4 Å². The molecule has 2 aliphatic heterocycles. The molecule has 7 nitrogen and oxygen atoms in total. The van der Waals surface area contributed by atoms with Crippen molar-refractivity contribution in [3.8, 4) is 17.2 Å². The second kappa shape index (κ2) is 11.3. The van der Waals surface area contributed by atoms with E-state index in [1.54, 1.807) is 14.2 Å². The van der Waals surface area contributed by atoms with Crippen molar-refractivity contribution in [3.63, 3.8) is 0 Å². The van der Waals surface area contributed by atoms with Crippen molar-refractivity contribution in [1.82, 2.24) is 10.6 Å². The van der Waals surface area contributed by atoms with Crippen LogP contribution in [0.4, 0.5) is 5.69 Å². The molecule has 0 saturated carbocycles. The zero-order valence-corrected chi connectivity index (χ0v) is 20.4. The molecule has 2 aromatic carbocycles. The quantitative estimate of drug-likeness (QED) is 0.335. The van der Waals surface area contributed by atoms with Gasteiger partial charge in [-0.2, -0.15) is 0 Å². The Bertz CT molecular complexity index is 879. The first-order chi connectivity index (χ1) is 14.8. The van der Waals surface area contributed by atoms with E-state index in [2.05, 4.69) is 32.7 Å². The smallest absolute Gasteiger partial charge is 0.191 e. The number of fused-ring (bicyclic) bond motifs is 1. The van der Waals surface area contributed by atoms with E-state index in [1.807, 2.05) is 36.4 Å². The molecule has 2 unspecified atom stereocenters. The monoisotopic (exact) mass is 538 g/mol. The molecule has 0 aliphatic carbocycles. The van der Waals surface area contributed by atoms with E-state index in [9.17, 15) is 0 Å². The zero-order valence-electron chi connectivity index (χ0n) is 18.0. The molecule has 1 fully saturated rings. The van der Waals surface area contributed by atoms with Crippen LogP contribution < -0.4 is 29.7 Å². The fourth-order valence-electron chi connectivity index (χ4n) is 3.94. The van der Waals surface area contributed by atoms with Crippen LogP contribution in [-0.4, -0.2) is 59.0 Å². The van der Waals surface area contributed by atoms with E-state index in [0.717, 1.165) is 49.3 Å². The van der Waals surface area contributed by atoms with Crippen LogP contribution in [0.3, 0.4) is 0 Å². The Labute approximate surface area is 201 Å². The van der Waals surface area contributed by atoms with Gasteiger partial charge in [0.15, 0.2) is 17.5 Å². The standard InChI is InChI=1S/C23H30N4O3.HI/c1-24-23(26-14-18-16-29-21-9-5-6-10-22(21)30-18)25-13-17-11-12-27(15-17)19-7-3-4-8-20(19)28-2;/h3-10,17-18H,11-16H2,1-2H3,(H2,24,25,26);1H. The summed E-state index contributed by atoms with van der Waals surface area (Å²) in [6.45, 7) is 4.06. The highest BCUT2D eigenvalue weighted by atomic mass is 127. The Balaban J connectivity index is 0.00000272. The lowest BCUT2D eigenvalue weighted by molar-refractivity contribution is 0.0936. The molecular weight excluding hydrogens is 507 g/mol. The Morgan fingerprint density at radius 3 is 2.65 bits per heavy atom. The van der Waals surface area contributed by atoms with Crippen molar-refractivity contribution < 1.29 is 14.2 Å². The fraction of sp³-hybridized carbons (Fsp3) is 0.435. The molecule has 8 heteroatoms. The van der Waals surface area contributed by atoms with Gasteiger partial charge in [0.05, 0.1) is 19.3 Å². The molecule has 168 valence electrons. The third-order valence-electron chi connectivity index (χ3n) is 5.56. The maximum Gasteiger partial charge on any atom is 0.191 e. The lowest BCUT2D eigenvalue weighted by atomic mass is 10.1.